The van der Waals surface area contributed by atoms with Crippen LogP contribution in [0.5, 0.6) is 11.5 Å². The Morgan fingerprint density at radius 1 is 1.00 bits per heavy atom. The molecule has 0 aromatic heterocycles. The summed E-state index contributed by atoms with van der Waals surface area (Å²) < 4.78 is 5.81. The summed E-state index contributed by atoms with van der Waals surface area (Å²) in [5.41, 5.74) is 2.06. The average Bonchev–Trinajstić information content (AvgIpc) is 2.45. The van der Waals surface area contributed by atoms with Crippen molar-refractivity contribution in [1.82, 2.24) is 5.32 Å². The fourth-order valence-electron chi connectivity index (χ4n) is 1.95. The molecule has 4 heteroatoms. The molecule has 0 saturated heterocycles. The van der Waals surface area contributed by atoms with Crippen molar-refractivity contribution in [3.63, 3.8) is 0 Å². The molecule has 112 valence electrons. The molecule has 0 amide bonds. The second kappa shape index (κ2) is 7.69. The maximum Gasteiger partial charge on any atom is 0.128 e. The predicted octanol–water partition coefficient (Wildman–Crippen LogP) is 5.59. The molecule has 1 N–H and O–H groups in total. The zero-order valence-corrected chi connectivity index (χ0v) is 13.8. The van der Waals surface area contributed by atoms with Crippen LogP contribution in [-0.4, -0.2) is 6.54 Å². The molecule has 0 heterocycles. The van der Waals surface area contributed by atoms with Gasteiger partial charge in [-0.2, -0.15) is 0 Å². The zero-order chi connectivity index (χ0) is 15.2. The SMILES string of the molecule is CCCNCc1ccc(Oc2ccc(Cl)c(C)c2)cc1Cl. The highest BCUT2D eigenvalue weighted by Gasteiger charge is 2.05. The molecule has 2 aromatic rings. The molecular formula is C17H19Cl2NO. The fourth-order valence-corrected chi connectivity index (χ4v) is 2.31. The van der Waals surface area contributed by atoms with Crippen molar-refractivity contribution in [2.45, 2.75) is 26.8 Å². The Morgan fingerprint density at radius 2 is 1.71 bits per heavy atom. The van der Waals surface area contributed by atoms with Gasteiger partial charge in [0.15, 0.2) is 0 Å². The Hall–Kier alpha value is -1.22. The molecule has 0 radical (unpaired) electrons. The minimum Gasteiger partial charge on any atom is -0.457 e. The summed E-state index contributed by atoms with van der Waals surface area (Å²) in [6.07, 6.45) is 1.11. The first-order valence-corrected chi connectivity index (χ1v) is 7.79. The summed E-state index contributed by atoms with van der Waals surface area (Å²) in [5, 5.41) is 4.78. The van der Waals surface area contributed by atoms with Crippen molar-refractivity contribution in [3.05, 3.63) is 57.6 Å². The van der Waals surface area contributed by atoms with Crippen molar-refractivity contribution in [2.24, 2.45) is 0 Å². The number of aryl methyl sites for hydroxylation is 1. The molecule has 0 saturated carbocycles. The Balaban J connectivity index is 2.07. The van der Waals surface area contributed by atoms with E-state index in [0.29, 0.717) is 5.02 Å². The van der Waals surface area contributed by atoms with Crippen LogP contribution in [0.25, 0.3) is 0 Å². The lowest BCUT2D eigenvalue weighted by Crippen LogP contribution is -2.13. The Labute approximate surface area is 136 Å². The number of halogens is 2. The quantitative estimate of drug-likeness (QED) is 0.699. The number of ether oxygens (including phenoxy) is 1. The second-order valence-corrected chi connectivity index (χ2v) is 5.76. The molecule has 2 nitrogen and oxygen atoms in total. The van der Waals surface area contributed by atoms with Crippen LogP contribution < -0.4 is 10.1 Å². The van der Waals surface area contributed by atoms with Gasteiger partial charge in [-0.15, -0.1) is 0 Å². The molecule has 0 aliphatic heterocycles. The van der Waals surface area contributed by atoms with Crippen molar-refractivity contribution in [2.75, 3.05) is 6.54 Å². The number of nitrogens with one attached hydrogen (secondary N) is 1. The van der Waals surface area contributed by atoms with Gasteiger partial charge in [-0.05, 0) is 61.3 Å². The maximum absolute atomic E-state index is 6.29. The van der Waals surface area contributed by atoms with Crippen LogP contribution in [-0.2, 0) is 6.54 Å². The first-order valence-electron chi connectivity index (χ1n) is 7.03. The van der Waals surface area contributed by atoms with Gasteiger partial charge in [0, 0.05) is 16.6 Å². The zero-order valence-electron chi connectivity index (χ0n) is 12.2. The molecule has 21 heavy (non-hydrogen) atoms. The molecular weight excluding hydrogens is 305 g/mol. The Kier molecular flexibility index (Phi) is 5.92. The number of hydrogen-bond acceptors (Lipinski definition) is 2. The summed E-state index contributed by atoms with van der Waals surface area (Å²) in [6, 6.07) is 11.3. The smallest absolute Gasteiger partial charge is 0.128 e. The van der Waals surface area contributed by atoms with Crippen LogP contribution in [0.1, 0.15) is 24.5 Å². The summed E-state index contributed by atoms with van der Waals surface area (Å²) in [4.78, 5) is 0. The molecule has 0 fully saturated rings. The summed E-state index contributed by atoms with van der Waals surface area (Å²) in [5.74, 6) is 1.48. The summed E-state index contributed by atoms with van der Waals surface area (Å²) in [6.45, 7) is 5.84. The van der Waals surface area contributed by atoms with Crippen LogP contribution in [0, 0.1) is 6.92 Å². The van der Waals surface area contributed by atoms with E-state index in [-0.39, 0.29) is 0 Å². The van der Waals surface area contributed by atoms with Gasteiger partial charge >= 0.3 is 0 Å². The molecule has 0 unspecified atom stereocenters. The van der Waals surface area contributed by atoms with E-state index in [0.717, 1.165) is 47.2 Å². The Bertz CT molecular complexity index is 614. The maximum atomic E-state index is 6.29. The van der Waals surface area contributed by atoms with E-state index in [2.05, 4.69) is 12.2 Å². The van der Waals surface area contributed by atoms with Crippen LogP contribution in [0.2, 0.25) is 10.0 Å². The highest BCUT2D eigenvalue weighted by molar-refractivity contribution is 6.31. The summed E-state index contributed by atoms with van der Waals surface area (Å²) in [7, 11) is 0. The third kappa shape index (κ3) is 4.63. The molecule has 0 aliphatic rings. The first-order chi connectivity index (χ1) is 10.1. The van der Waals surface area contributed by atoms with Crippen molar-refractivity contribution in [3.8, 4) is 11.5 Å². The summed E-state index contributed by atoms with van der Waals surface area (Å²) >= 11 is 12.3. The Morgan fingerprint density at radius 3 is 2.38 bits per heavy atom. The minimum absolute atomic E-state index is 0.710. The van der Waals surface area contributed by atoms with Crippen LogP contribution in [0.15, 0.2) is 36.4 Å². The van der Waals surface area contributed by atoms with Crippen LogP contribution in [0.4, 0.5) is 0 Å². The monoisotopic (exact) mass is 323 g/mol. The third-order valence-corrected chi connectivity index (χ3v) is 3.91. The van der Waals surface area contributed by atoms with Gasteiger partial charge in [-0.1, -0.05) is 36.2 Å². The van der Waals surface area contributed by atoms with E-state index in [4.69, 9.17) is 27.9 Å². The van der Waals surface area contributed by atoms with Crippen molar-refractivity contribution in [1.29, 1.82) is 0 Å². The van der Waals surface area contributed by atoms with E-state index in [1.807, 2.05) is 43.3 Å². The van der Waals surface area contributed by atoms with Gasteiger partial charge in [0.25, 0.3) is 0 Å². The fraction of sp³-hybridized carbons (Fsp3) is 0.294. The van der Waals surface area contributed by atoms with Crippen LogP contribution in [0.3, 0.4) is 0 Å². The van der Waals surface area contributed by atoms with E-state index >= 15 is 0 Å². The highest BCUT2D eigenvalue weighted by Crippen LogP contribution is 2.29. The van der Waals surface area contributed by atoms with Crippen molar-refractivity contribution < 1.29 is 4.74 Å². The topological polar surface area (TPSA) is 21.3 Å². The van der Waals surface area contributed by atoms with Gasteiger partial charge in [0.1, 0.15) is 11.5 Å². The number of hydrogen-bond donors (Lipinski definition) is 1. The second-order valence-electron chi connectivity index (χ2n) is 4.94. The number of benzene rings is 2. The standard InChI is InChI=1S/C17H19Cl2NO/c1-3-8-20-11-13-4-5-15(10-17(13)19)21-14-6-7-16(18)12(2)9-14/h4-7,9-10,20H,3,8,11H2,1-2H3. The third-order valence-electron chi connectivity index (χ3n) is 3.13. The van der Waals surface area contributed by atoms with Gasteiger partial charge in [-0.25, -0.2) is 0 Å². The first kappa shape index (κ1) is 16.2. The minimum atomic E-state index is 0.710. The average molecular weight is 324 g/mol. The lowest BCUT2D eigenvalue weighted by Gasteiger charge is -2.10. The van der Waals surface area contributed by atoms with Gasteiger partial charge < -0.3 is 10.1 Å². The molecule has 0 aliphatic carbocycles. The van der Waals surface area contributed by atoms with Crippen LogP contribution >= 0.6 is 23.2 Å². The van der Waals surface area contributed by atoms with Gasteiger partial charge in [-0.3, -0.25) is 0 Å². The van der Waals surface area contributed by atoms with Gasteiger partial charge in [0.05, 0.1) is 0 Å². The molecule has 0 atom stereocenters. The van der Waals surface area contributed by atoms with E-state index < -0.39 is 0 Å². The largest absolute Gasteiger partial charge is 0.457 e. The molecule has 2 rings (SSSR count). The van der Waals surface area contributed by atoms with E-state index in [1.54, 1.807) is 0 Å². The molecule has 2 aromatic carbocycles. The van der Waals surface area contributed by atoms with E-state index in [9.17, 15) is 0 Å². The molecule has 0 bridgehead atoms. The lowest BCUT2D eigenvalue weighted by atomic mass is 10.2. The lowest BCUT2D eigenvalue weighted by molar-refractivity contribution is 0.482. The van der Waals surface area contributed by atoms with Crippen molar-refractivity contribution >= 4 is 23.2 Å². The van der Waals surface area contributed by atoms with Gasteiger partial charge in [0.2, 0.25) is 0 Å². The van der Waals surface area contributed by atoms with E-state index in [1.165, 1.54) is 0 Å². The number of rotatable bonds is 6. The predicted molar refractivity (Wildman–Crippen MR) is 89.7 cm³/mol. The normalized spacial score (nSPS) is 10.7. The molecule has 0 spiro atoms. The highest BCUT2D eigenvalue weighted by atomic mass is 35.5.